The van der Waals surface area contributed by atoms with Crippen LogP contribution in [0, 0.1) is 0 Å². The molecule has 0 aliphatic heterocycles. The van der Waals surface area contributed by atoms with Crippen LogP contribution in [0.3, 0.4) is 0 Å². The van der Waals surface area contributed by atoms with E-state index in [0.29, 0.717) is 6.16 Å². The lowest BCUT2D eigenvalue weighted by atomic mass is 10.1. The Balaban J connectivity index is 2.55. The molecule has 0 bridgehead atoms. The highest BCUT2D eigenvalue weighted by Crippen LogP contribution is 2.20. The third kappa shape index (κ3) is 1.75. The monoisotopic (exact) mass is 203 g/mol. The molecule has 2 aromatic carbocycles. The number of nitrogen functional groups attached to an aromatic ring is 1. The van der Waals surface area contributed by atoms with Crippen LogP contribution in [-0.4, -0.2) is 0 Å². The van der Waals surface area contributed by atoms with E-state index in [2.05, 4.69) is 0 Å². The Bertz CT molecular complexity index is 482. The fourth-order valence-electron chi connectivity index (χ4n) is 1.49. The molecule has 0 aliphatic rings. The van der Waals surface area contributed by atoms with Gasteiger partial charge in [-0.2, -0.15) is 0 Å². The van der Waals surface area contributed by atoms with E-state index in [1.165, 1.54) is 0 Å². The first-order chi connectivity index (χ1) is 6.79. The van der Waals surface area contributed by atoms with Crippen LogP contribution in [0.1, 0.15) is 5.56 Å². The van der Waals surface area contributed by atoms with Crippen LogP contribution in [0.25, 0.3) is 10.8 Å². The molecule has 3 heteroatoms. The summed E-state index contributed by atoms with van der Waals surface area (Å²) in [5.74, 6) is 0. The van der Waals surface area contributed by atoms with Gasteiger partial charge in [0.25, 0.3) is 0 Å². The van der Waals surface area contributed by atoms with E-state index < -0.39 is 0 Å². The highest BCUT2D eigenvalue weighted by Gasteiger charge is 1.96. The van der Waals surface area contributed by atoms with Crippen LogP contribution < -0.4 is 5.73 Å². The predicted molar refractivity (Wildman–Crippen MR) is 59.7 cm³/mol. The van der Waals surface area contributed by atoms with Gasteiger partial charge in [0, 0.05) is 5.69 Å². The summed E-state index contributed by atoms with van der Waals surface area (Å²) in [5, 5.41) is 2.26. The van der Waals surface area contributed by atoms with Crippen molar-refractivity contribution in [2.24, 2.45) is 0 Å². The molecular formula is C11H10NOP. The average molecular weight is 203 g/mol. The van der Waals surface area contributed by atoms with Gasteiger partial charge in [0.1, 0.15) is 0 Å². The van der Waals surface area contributed by atoms with Gasteiger partial charge in [-0.1, -0.05) is 24.3 Å². The maximum absolute atomic E-state index is 10.4. The van der Waals surface area contributed by atoms with Gasteiger partial charge in [-0.3, -0.25) is 4.57 Å². The summed E-state index contributed by atoms with van der Waals surface area (Å²) in [6.45, 7) is 0. The Morgan fingerprint density at radius 3 is 2.57 bits per heavy atom. The van der Waals surface area contributed by atoms with Gasteiger partial charge in [0.15, 0.2) is 8.46 Å². The van der Waals surface area contributed by atoms with E-state index in [1.54, 1.807) is 0 Å². The number of hydrogen-bond donors (Lipinski definition) is 1. The second-order valence-corrected chi connectivity index (χ2v) is 3.80. The van der Waals surface area contributed by atoms with E-state index >= 15 is 0 Å². The number of anilines is 1. The molecule has 2 rings (SSSR count). The Morgan fingerprint density at radius 1 is 1.07 bits per heavy atom. The molecule has 2 aromatic rings. The molecular weight excluding hydrogens is 193 g/mol. The Hall–Kier alpha value is -1.40. The molecule has 0 atom stereocenters. The highest BCUT2D eigenvalue weighted by atomic mass is 31.1. The van der Waals surface area contributed by atoms with Gasteiger partial charge in [-0.15, -0.1) is 0 Å². The van der Waals surface area contributed by atoms with Crippen molar-refractivity contribution in [3.05, 3.63) is 42.0 Å². The second kappa shape index (κ2) is 3.77. The SMILES string of the molecule is Nc1ccc2cc(CP=O)ccc2c1. The first-order valence-corrected chi connectivity index (χ1v) is 5.36. The van der Waals surface area contributed by atoms with Crippen molar-refractivity contribution >= 4 is 24.9 Å². The maximum atomic E-state index is 10.4. The first kappa shape index (κ1) is 9.17. The number of benzene rings is 2. The zero-order chi connectivity index (χ0) is 9.97. The quantitative estimate of drug-likeness (QED) is 0.601. The lowest BCUT2D eigenvalue weighted by Gasteiger charge is -2.01. The van der Waals surface area contributed by atoms with Crippen molar-refractivity contribution in [3.63, 3.8) is 0 Å². The third-order valence-electron chi connectivity index (χ3n) is 2.18. The predicted octanol–water partition coefficient (Wildman–Crippen LogP) is 3.21. The van der Waals surface area contributed by atoms with Crippen molar-refractivity contribution in [1.29, 1.82) is 0 Å². The molecule has 0 aromatic heterocycles. The minimum atomic E-state index is 0.161. The summed E-state index contributed by atoms with van der Waals surface area (Å²) in [4.78, 5) is 0. The van der Waals surface area contributed by atoms with Gasteiger partial charge in [0.2, 0.25) is 0 Å². The first-order valence-electron chi connectivity index (χ1n) is 4.37. The molecule has 14 heavy (non-hydrogen) atoms. The summed E-state index contributed by atoms with van der Waals surface area (Å²) < 4.78 is 10.4. The third-order valence-corrected chi connectivity index (χ3v) is 2.67. The fraction of sp³-hybridized carbons (Fsp3) is 0.0909. The van der Waals surface area contributed by atoms with Crippen LogP contribution in [0.15, 0.2) is 36.4 Å². The molecule has 0 fully saturated rings. The second-order valence-electron chi connectivity index (χ2n) is 3.23. The van der Waals surface area contributed by atoms with Crippen LogP contribution in [0.5, 0.6) is 0 Å². The molecule has 2 nitrogen and oxygen atoms in total. The van der Waals surface area contributed by atoms with Crippen LogP contribution in [0.2, 0.25) is 0 Å². The maximum Gasteiger partial charge on any atom is 0.160 e. The normalized spacial score (nSPS) is 10.9. The Kier molecular flexibility index (Phi) is 2.47. The zero-order valence-corrected chi connectivity index (χ0v) is 8.50. The van der Waals surface area contributed by atoms with E-state index in [1.807, 2.05) is 36.4 Å². The molecule has 0 aliphatic carbocycles. The summed E-state index contributed by atoms with van der Waals surface area (Å²) in [7, 11) is 0.161. The van der Waals surface area contributed by atoms with Crippen LogP contribution in [-0.2, 0) is 10.7 Å². The van der Waals surface area contributed by atoms with E-state index in [4.69, 9.17) is 5.73 Å². The van der Waals surface area contributed by atoms with Gasteiger partial charge < -0.3 is 5.73 Å². The van der Waals surface area contributed by atoms with Crippen molar-refractivity contribution in [1.82, 2.24) is 0 Å². The van der Waals surface area contributed by atoms with Crippen molar-refractivity contribution < 1.29 is 4.57 Å². The minimum absolute atomic E-state index is 0.161. The molecule has 0 amide bonds. The summed E-state index contributed by atoms with van der Waals surface area (Å²) in [5.41, 5.74) is 7.52. The van der Waals surface area contributed by atoms with E-state index in [0.717, 1.165) is 22.0 Å². The summed E-state index contributed by atoms with van der Waals surface area (Å²) >= 11 is 0. The summed E-state index contributed by atoms with van der Waals surface area (Å²) in [6, 6.07) is 11.8. The Labute approximate surface area is 83.9 Å². The molecule has 0 radical (unpaired) electrons. The van der Waals surface area contributed by atoms with Crippen molar-refractivity contribution in [3.8, 4) is 0 Å². The van der Waals surface area contributed by atoms with E-state index in [9.17, 15) is 4.57 Å². The Morgan fingerprint density at radius 2 is 1.79 bits per heavy atom. The summed E-state index contributed by atoms with van der Waals surface area (Å²) in [6.07, 6.45) is 0.570. The highest BCUT2D eigenvalue weighted by molar-refractivity contribution is 7.22. The molecule has 70 valence electrons. The number of rotatable bonds is 2. The molecule has 0 spiro atoms. The number of nitrogens with two attached hydrogens (primary N) is 1. The van der Waals surface area contributed by atoms with Crippen LogP contribution in [0.4, 0.5) is 5.69 Å². The molecule has 0 unspecified atom stereocenters. The van der Waals surface area contributed by atoms with Crippen molar-refractivity contribution in [2.75, 3.05) is 5.73 Å². The fourth-order valence-corrected chi connectivity index (χ4v) is 1.83. The largest absolute Gasteiger partial charge is 0.399 e. The smallest absolute Gasteiger partial charge is 0.160 e. The molecule has 0 saturated heterocycles. The van der Waals surface area contributed by atoms with Gasteiger partial charge >= 0.3 is 0 Å². The topological polar surface area (TPSA) is 43.1 Å². The van der Waals surface area contributed by atoms with E-state index in [-0.39, 0.29) is 8.46 Å². The van der Waals surface area contributed by atoms with Gasteiger partial charge in [-0.25, -0.2) is 0 Å². The minimum Gasteiger partial charge on any atom is -0.399 e. The number of hydrogen-bond acceptors (Lipinski definition) is 2. The molecule has 0 heterocycles. The lowest BCUT2D eigenvalue weighted by molar-refractivity contribution is 0.598. The zero-order valence-electron chi connectivity index (χ0n) is 7.60. The lowest BCUT2D eigenvalue weighted by Crippen LogP contribution is -1.84. The van der Waals surface area contributed by atoms with Crippen molar-refractivity contribution in [2.45, 2.75) is 6.16 Å². The van der Waals surface area contributed by atoms with Gasteiger partial charge in [0.05, 0.1) is 6.16 Å². The number of fused-ring (bicyclic) bond motifs is 1. The molecule has 0 saturated carbocycles. The standard InChI is InChI=1S/C11H10NOP/c12-11-4-3-9-5-8(7-14-13)1-2-10(9)6-11/h1-6H,7,12H2. The average Bonchev–Trinajstić information content (AvgIpc) is 2.19. The van der Waals surface area contributed by atoms with Gasteiger partial charge in [-0.05, 0) is 28.5 Å². The molecule has 2 N–H and O–H groups in total. The van der Waals surface area contributed by atoms with Crippen LogP contribution >= 0.6 is 8.46 Å².